The fourth-order valence-electron chi connectivity index (χ4n) is 3.57. The van der Waals surface area contributed by atoms with Gasteiger partial charge in [0.25, 0.3) is 0 Å². The van der Waals surface area contributed by atoms with Crippen LogP contribution in [0.4, 0.5) is 0 Å². The highest BCUT2D eigenvalue weighted by Crippen LogP contribution is 2.24. The molecule has 1 aliphatic heterocycles. The Balaban J connectivity index is 1.38. The van der Waals surface area contributed by atoms with Gasteiger partial charge in [0.15, 0.2) is 18.0 Å². The van der Waals surface area contributed by atoms with Crippen LogP contribution in [0.5, 0.6) is 5.75 Å². The Hall–Kier alpha value is -2.28. The number of carbonyl (C=O) groups excluding carboxylic acids is 1. The number of halogens is 1. The Morgan fingerprint density at radius 3 is 2.20 bits per heavy atom. The van der Waals surface area contributed by atoms with Gasteiger partial charge in [0.05, 0.1) is 66.1 Å². The maximum Gasteiger partial charge on any atom is 0.328 e. The maximum atomic E-state index is 12.4. The van der Waals surface area contributed by atoms with Crippen LogP contribution in [0.3, 0.4) is 0 Å². The highest BCUT2D eigenvalue weighted by atomic mass is 35.5. The molecule has 0 saturated carbocycles. The molecule has 40 heavy (non-hydrogen) atoms. The van der Waals surface area contributed by atoms with Gasteiger partial charge in [0.1, 0.15) is 19.0 Å². The van der Waals surface area contributed by atoms with E-state index < -0.39 is 23.9 Å². The van der Waals surface area contributed by atoms with Crippen molar-refractivity contribution in [1.29, 1.82) is 0 Å². The Morgan fingerprint density at radius 2 is 1.48 bits per heavy atom. The van der Waals surface area contributed by atoms with E-state index in [1.807, 2.05) is 36.4 Å². The molecule has 3 atom stereocenters. The zero-order valence-corrected chi connectivity index (χ0v) is 23.6. The van der Waals surface area contributed by atoms with Crippen molar-refractivity contribution in [3.63, 3.8) is 0 Å². The van der Waals surface area contributed by atoms with Crippen molar-refractivity contribution >= 4 is 17.6 Å². The molecule has 1 saturated heterocycles. The molecule has 0 spiro atoms. The third kappa shape index (κ3) is 12.9. The molecule has 0 radical (unpaired) electrons. The van der Waals surface area contributed by atoms with Crippen LogP contribution < -0.4 is 4.74 Å². The van der Waals surface area contributed by atoms with Crippen molar-refractivity contribution in [1.82, 2.24) is 0 Å². The van der Waals surface area contributed by atoms with Gasteiger partial charge in [0.2, 0.25) is 0 Å². The molecule has 3 unspecified atom stereocenters. The van der Waals surface area contributed by atoms with Crippen LogP contribution in [0.25, 0.3) is 0 Å². The highest BCUT2D eigenvalue weighted by Gasteiger charge is 2.20. The molecular formula is C29H39ClO10. The molecule has 0 aliphatic carbocycles. The lowest BCUT2D eigenvalue weighted by molar-refractivity contribution is -0.256. The summed E-state index contributed by atoms with van der Waals surface area (Å²) in [7, 11) is 0. The van der Waals surface area contributed by atoms with Gasteiger partial charge in [-0.1, -0.05) is 48.5 Å². The number of benzene rings is 2. The molecule has 2 aromatic carbocycles. The van der Waals surface area contributed by atoms with E-state index in [2.05, 4.69) is 0 Å². The molecule has 11 heteroatoms. The van der Waals surface area contributed by atoms with Crippen LogP contribution >= 0.6 is 11.6 Å². The molecule has 10 nitrogen and oxygen atoms in total. The third-order valence-electron chi connectivity index (χ3n) is 5.58. The second kappa shape index (κ2) is 19.7. The van der Waals surface area contributed by atoms with Crippen molar-refractivity contribution in [3.05, 3.63) is 65.7 Å². The number of alkyl halides is 1. The van der Waals surface area contributed by atoms with Crippen LogP contribution in [-0.2, 0) is 49.3 Å². The van der Waals surface area contributed by atoms with E-state index >= 15 is 0 Å². The summed E-state index contributed by atoms with van der Waals surface area (Å²) in [4.78, 5) is 12.4. The van der Waals surface area contributed by atoms with E-state index in [0.717, 1.165) is 5.56 Å². The Bertz CT molecular complexity index is 931. The van der Waals surface area contributed by atoms with E-state index in [1.54, 1.807) is 25.1 Å². The first kappa shape index (κ1) is 32.2. The first-order valence-electron chi connectivity index (χ1n) is 13.4. The van der Waals surface area contributed by atoms with Crippen molar-refractivity contribution in [2.45, 2.75) is 31.5 Å². The molecule has 0 N–H and O–H groups in total. The average molecular weight is 583 g/mol. The minimum atomic E-state index is -0.881. The predicted molar refractivity (Wildman–Crippen MR) is 146 cm³/mol. The summed E-state index contributed by atoms with van der Waals surface area (Å²) in [6.07, 6.45) is -1.20. The minimum Gasteiger partial charge on any atom is -0.491 e. The van der Waals surface area contributed by atoms with Crippen molar-refractivity contribution in [3.8, 4) is 5.75 Å². The normalized spacial score (nSPS) is 19.5. The van der Waals surface area contributed by atoms with Gasteiger partial charge in [-0.3, -0.25) is 4.79 Å². The average Bonchev–Trinajstić information content (AvgIpc) is 2.99. The van der Waals surface area contributed by atoms with Gasteiger partial charge in [-0.05, 0) is 18.6 Å². The van der Waals surface area contributed by atoms with Crippen LogP contribution in [0.15, 0.2) is 54.6 Å². The molecule has 0 bridgehead atoms. The van der Waals surface area contributed by atoms with Crippen molar-refractivity contribution < 1.29 is 47.4 Å². The number of carbonyl (C=O) groups is 1. The summed E-state index contributed by atoms with van der Waals surface area (Å²) in [5.41, 5.74) is 1.40. The number of esters is 1. The summed E-state index contributed by atoms with van der Waals surface area (Å²) < 4.78 is 50.6. The zero-order valence-electron chi connectivity index (χ0n) is 22.9. The molecule has 1 fully saturated rings. The summed E-state index contributed by atoms with van der Waals surface area (Å²) in [5.74, 6) is 0.0639. The van der Waals surface area contributed by atoms with Gasteiger partial charge >= 0.3 is 5.97 Å². The van der Waals surface area contributed by atoms with Crippen LogP contribution in [0.2, 0.25) is 0 Å². The first-order valence-corrected chi connectivity index (χ1v) is 13.8. The smallest absolute Gasteiger partial charge is 0.328 e. The molecular weight excluding hydrogens is 544 g/mol. The standard InChI is InChI=1S/C29H39ClO10/c1-23(40-27-22-35-16-15-33-12-11-32-13-14-34-17-18-38-27)36-19-20-37-26-10-6-5-9-25(26)21-39-29(31)28(30)24-7-3-2-4-8-24/h2-10,23,27-28H,11-22H2,1H3. The van der Waals surface area contributed by atoms with E-state index in [-0.39, 0.29) is 26.4 Å². The van der Waals surface area contributed by atoms with Gasteiger partial charge in [-0.2, -0.15) is 0 Å². The van der Waals surface area contributed by atoms with Crippen LogP contribution in [0.1, 0.15) is 23.4 Å². The first-order chi connectivity index (χ1) is 19.6. The highest BCUT2D eigenvalue weighted by molar-refractivity contribution is 6.29. The van der Waals surface area contributed by atoms with Gasteiger partial charge in [-0.15, -0.1) is 11.6 Å². The predicted octanol–water partition coefficient (Wildman–Crippen LogP) is 3.89. The molecule has 0 amide bonds. The van der Waals surface area contributed by atoms with E-state index in [9.17, 15) is 4.79 Å². The lowest BCUT2D eigenvalue weighted by Crippen LogP contribution is -2.31. The number of hydrogen-bond donors (Lipinski definition) is 0. The number of hydrogen-bond acceptors (Lipinski definition) is 10. The van der Waals surface area contributed by atoms with Crippen LogP contribution in [-0.4, -0.2) is 91.2 Å². The third-order valence-corrected chi connectivity index (χ3v) is 6.01. The fraction of sp³-hybridized carbons (Fsp3) is 0.552. The molecule has 1 heterocycles. The van der Waals surface area contributed by atoms with Gasteiger partial charge in [-0.25, -0.2) is 0 Å². The maximum absolute atomic E-state index is 12.4. The minimum absolute atomic E-state index is 0.0340. The number of ether oxygens (including phenoxy) is 9. The number of rotatable bonds is 11. The Morgan fingerprint density at radius 1 is 0.850 bits per heavy atom. The molecule has 1 aliphatic rings. The van der Waals surface area contributed by atoms with E-state index in [0.29, 0.717) is 64.2 Å². The van der Waals surface area contributed by atoms with Gasteiger partial charge in [0, 0.05) is 5.56 Å². The lowest BCUT2D eigenvalue weighted by atomic mass is 10.1. The van der Waals surface area contributed by atoms with E-state index in [4.69, 9.17) is 54.2 Å². The monoisotopic (exact) mass is 582 g/mol. The molecule has 222 valence electrons. The lowest BCUT2D eigenvalue weighted by Gasteiger charge is -2.23. The van der Waals surface area contributed by atoms with Crippen molar-refractivity contribution in [2.24, 2.45) is 0 Å². The largest absolute Gasteiger partial charge is 0.491 e. The SMILES string of the molecule is CC(OCCOc1ccccc1COC(=O)C(Cl)c1ccccc1)OC1COCCOCCOCCOCCO1. The summed E-state index contributed by atoms with van der Waals surface area (Å²) >= 11 is 6.26. The topological polar surface area (TPSA) is 100 Å². The van der Waals surface area contributed by atoms with Crippen molar-refractivity contribution in [2.75, 3.05) is 72.7 Å². The van der Waals surface area contributed by atoms with E-state index in [1.165, 1.54) is 0 Å². The molecule has 2 aromatic rings. The Labute approximate surface area is 240 Å². The molecule has 0 aromatic heterocycles. The Kier molecular flexibility index (Phi) is 15.9. The fourth-order valence-corrected chi connectivity index (χ4v) is 3.78. The number of para-hydroxylation sites is 1. The molecule has 3 rings (SSSR count). The summed E-state index contributed by atoms with van der Waals surface area (Å²) in [5, 5.41) is -0.881. The quantitative estimate of drug-likeness (QED) is 0.168. The second-order valence-corrected chi connectivity index (χ2v) is 9.06. The summed E-state index contributed by atoms with van der Waals surface area (Å²) in [6.45, 7) is 6.19. The van der Waals surface area contributed by atoms with Gasteiger partial charge < -0.3 is 42.6 Å². The summed E-state index contributed by atoms with van der Waals surface area (Å²) in [6, 6.07) is 16.4. The second-order valence-electron chi connectivity index (χ2n) is 8.62. The van der Waals surface area contributed by atoms with Crippen LogP contribution in [0, 0.1) is 0 Å². The zero-order chi connectivity index (χ0) is 28.3.